The van der Waals surface area contributed by atoms with Crippen LogP contribution in [-0.4, -0.2) is 27.0 Å². The van der Waals surface area contributed by atoms with Crippen molar-refractivity contribution in [2.45, 2.75) is 26.4 Å². The number of nitro groups is 1. The van der Waals surface area contributed by atoms with E-state index >= 15 is 0 Å². The van der Waals surface area contributed by atoms with Crippen LogP contribution in [0.1, 0.15) is 29.1 Å². The number of ketones is 1. The summed E-state index contributed by atoms with van der Waals surface area (Å²) in [5.74, 6) is 0.193. The first-order valence-electron chi connectivity index (χ1n) is 7.03. The van der Waals surface area contributed by atoms with E-state index in [0.29, 0.717) is 16.4 Å². The number of carbonyl (C=O) groups is 1. The molecule has 23 heavy (non-hydrogen) atoms. The third-order valence-electron chi connectivity index (χ3n) is 3.73. The summed E-state index contributed by atoms with van der Waals surface area (Å²) < 4.78 is 2.93. The summed E-state index contributed by atoms with van der Waals surface area (Å²) in [6.07, 6.45) is 1.32. The Bertz CT molecular complexity index is 740. The molecule has 1 N–H and O–H groups in total. The largest absolute Gasteiger partial charge is 0.392 e. The Balaban J connectivity index is 2.40. The predicted octanol–water partition coefficient (Wildman–Crippen LogP) is 2.08. The minimum absolute atomic E-state index is 0.0942. The topological polar surface area (TPSA) is 89.2 Å². The van der Waals surface area contributed by atoms with Gasteiger partial charge in [0.15, 0.2) is 12.2 Å². The Morgan fingerprint density at radius 2 is 2.04 bits per heavy atom. The molecule has 0 bridgehead atoms. The Labute approximate surface area is 137 Å². The number of imidazole rings is 1. The van der Waals surface area contributed by atoms with Gasteiger partial charge < -0.3 is 15.2 Å². The summed E-state index contributed by atoms with van der Waals surface area (Å²) in [5, 5.41) is 20.8. The lowest BCUT2D eigenvalue weighted by molar-refractivity contribution is -0.711. The number of halogens is 1. The lowest BCUT2D eigenvalue weighted by Crippen LogP contribution is -2.43. The quantitative estimate of drug-likeness (QED) is 0.378. The number of aliphatic hydroxyl groups is 1. The van der Waals surface area contributed by atoms with Crippen LogP contribution < -0.4 is 4.57 Å². The first-order valence-corrected chi connectivity index (χ1v) is 7.41. The van der Waals surface area contributed by atoms with Gasteiger partial charge in [0.25, 0.3) is 5.82 Å². The number of rotatable bonds is 6. The van der Waals surface area contributed by atoms with Gasteiger partial charge in [-0.15, -0.1) is 0 Å². The molecule has 2 aromatic rings. The fourth-order valence-electron chi connectivity index (χ4n) is 2.49. The van der Waals surface area contributed by atoms with Crippen molar-refractivity contribution in [2.75, 3.05) is 6.61 Å². The van der Waals surface area contributed by atoms with E-state index < -0.39 is 11.0 Å². The van der Waals surface area contributed by atoms with Crippen molar-refractivity contribution in [3.63, 3.8) is 0 Å². The van der Waals surface area contributed by atoms with Crippen LogP contribution in [0.3, 0.4) is 0 Å². The van der Waals surface area contributed by atoms with Gasteiger partial charge in [-0.2, -0.15) is 4.57 Å². The molecule has 1 aromatic heterocycles. The minimum Gasteiger partial charge on any atom is -0.392 e. The van der Waals surface area contributed by atoms with Crippen molar-refractivity contribution in [1.82, 2.24) is 4.57 Å². The minimum atomic E-state index is -0.616. The van der Waals surface area contributed by atoms with Gasteiger partial charge in [0.05, 0.1) is 6.61 Å². The van der Waals surface area contributed by atoms with Crippen molar-refractivity contribution in [2.24, 2.45) is 0 Å². The van der Waals surface area contributed by atoms with Gasteiger partial charge in [-0.25, -0.2) is 4.57 Å². The molecule has 0 unspecified atom stereocenters. The maximum absolute atomic E-state index is 12.6. The lowest BCUT2D eigenvalue weighted by Gasteiger charge is -2.09. The highest BCUT2D eigenvalue weighted by molar-refractivity contribution is 6.30. The van der Waals surface area contributed by atoms with Crippen LogP contribution in [-0.2, 0) is 6.54 Å². The zero-order valence-electron chi connectivity index (χ0n) is 12.8. The van der Waals surface area contributed by atoms with E-state index in [1.54, 1.807) is 42.7 Å². The van der Waals surface area contributed by atoms with Crippen LogP contribution >= 0.6 is 11.6 Å². The summed E-state index contributed by atoms with van der Waals surface area (Å²) >= 11 is 5.81. The molecule has 1 aromatic carbocycles. The molecular formula is C15H17ClN3O4+. The summed E-state index contributed by atoms with van der Waals surface area (Å²) in [5.41, 5.74) is 0.478. The molecule has 1 heterocycles. The summed E-state index contributed by atoms with van der Waals surface area (Å²) in [6, 6.07) is 5.87. The van der Waals surface area contributed by atoms with Crippen LogP contribution in [0.4, 0.5) is 5.82 Å². The van der Waals surface area contributed by atoms with Crippen LogP contribution in [0, 0.1) is 17.0 Å². The molecule has 0 spiro atoms. The number of aliphatic hydroxyl groups excluding tert-OH is 1. The van der Waals surface area contributed by atoms with Gasteiger partial charge >= 0.3 is 5.82 Å². The summed E-state index contributed by atoms with van der Waals surface area (Å²) in [4.78, 5) is 23.2. The smallest absolute Gasteiger partial charge is 0.365 e. The standard InChI is InChI=1S/C15H17ClN3O4/c1-10(15(21)12-3-5-13(16)6-4-12)18-9-14(19(22)23)17(7-8-20)11(18)2/h3-6,9-10,20H,7-8H2,1-2H3/q+1/t10-/m1/s1. The average molecular weight is 339 g/mol. The number of aromatic nitrogens is 2. The maximum atomic E-state index is 12.6. The summed E-state index contributed by atoms with van der Waals surface area (Å²) in [7, 11) is 0. The second-order valence-electron chi connectivity index (χ2n) is 5.12. The van der Waals surface area contributed by atoms with Crippen LogP contribution in [0.2, 0.25) is 5.02 Å². The monoisotopic (exact) mass is 338 g/mol. The van der Waals surface area contributed by atoms with Crippen molar-refractivity contribution in [3.8, 4) is 0 Å². The van der Waals surface area contributed by atoms with E-state index in [0.717, 1.165) is 0 Å². The second-order valence-corrected chi connectivity index (χ2v) is 5.56. The number of Topliss-reactive ketones (excluding diaryl/α,β-unsaturated/α-hetero) is 1. The fraction of sp³-hybridized carbons (Fsp3) is 0.333. The maximum Gasteiger partial charge on any atom is 0.365 e. The molecule has 7 nitrogen and oxygen atoms in total. The number of hydrogen-bond donors (Lipinski definition) is 1. The molecular weight excluding hydrogens is 322 g/mol. The van der Waals surface area contributed by atoms with Gasteiger partial charge in [0, 0.05) is 17.5 Å². The van der Waals surface area contributed by atoms with Gasteiger partial charge in [-0.05, 0) is 36.1 Å². The molecule has 0 aliphatic carbocycles. The molecule has 0 aliphatic heterocycles. The van der Waals surface area contributed by atoms with E-state index in [-0.39, 0.29) is 24.8 Å². The van der Waals surface area contributed by atoms with E-state index in [1.165, 1.54) is 10.8 Å². The first kappa shape index (κ1) is 17.1. The Hall–Kier alpha value is -2.25. The van der Waals surface area contributed by atoms with Crippen LogP contribution in [0.15, 0.2) is 30.5 Å². The number of hydrogen-bond acceptors (Lipinski definition) is 4. The second kappa shape index (κ2) is 6.89. The number of benzene rings is 1. The third kappa shape index (κ3) is 3.40. The lowest BCUT2D eigenvalue weighted by atomic mass is 10.1. The van der Waals surface area contributed by atoms with Gasteiger partial charge in [-0.3, -0.25) is 4.79 Å². The van der Waals surface area contributed by atoms with Crippen molar-refractivity contribution in [3.05, 3.63) is 57.0 Å². The molecule has 0 saturated heterocycles. The Kier molecular flexibility index (Phi) is 5.12. The molecule has 2 rings (SSSR count). The van der Waals surface area contributed by atoms with Crippen molar-refractivity contribution >= 4 is 23.2 Å². The Morgan fingerprint density at radius 1 is 1.43 bits per heavy atom. The average Bonchev–Trinajstić information content (AvgIpc) is 2.84. The zero-order chi connectivity index (χ0) is 17.1. The van der Waals surface area contributed by atoms with E-state index in [1.807, 2.05) is 0 Å². The molecule has 8 heteroatoms. The molecule has 0 radical (unpaired) electrons. The zero-order valence-corrected chi connectivity index (χ0v) is 13.5. The first-order chi connectivity index (χ1) is 10.9. The van der Waals surface area contributed by atoms with E-state index in [9.17, 15) is 14.9 Å². The predicted molar refractivity (Wildman–Crippen MR) is 83.6 cm³/mol. The van der Waals surface area contributed by atoms with Crippen molar-refractivity contribution < 1.29 is 19.4 Å². The highest BCUT2D eigenvalue weighted by Crippen LogP contribution is 2.18. The number of carbonyl (C=O) groups excluding carboxylic acids is 1. The molecule has 0 amide bonds. The number of nitrogens with zero attached hydrogens (tertiary/aromatic N) is 3. The highest BCUT2D eigenvalue weighted by Gasteiger charge is 2.30. The fourth-order valence-corrected chi connectivity index (χ4v) is 2.61. The SMILES string of the molecule is Cc1n(CCO)c([N+](=O)[O-])c[n+]1[C@H](C)C(=O)c1ccc(Cl)cc1. The molecule has 0 fully saturated rings. The summed E-state index contributed by atoms with van der Waals surface area (Å²) in [6.45, 7) is 3.22. The molecule has 122 valence electrons. The Morgan fingerprint density at radius 3 is 2.57 bits per heavy atom. The molecule has 0 saturated carbocycles. The highest BCUT2D eigenvalue weighted by atomic mass is 35.5. The van der Waals surface area contributed by atoms with E-state index in [2.05, 4.69) is 0 Å². The molecule has 1 atom stereocenters. The normalized spacial score (nSPS) is 12.2. The van der Waals surface area contributed by atoms with Gasteiger partial charge in [-0.1, -0.05) is 11.6 Å². The third-order valence-corrected chi connectivity index (χ3v) is 3.98. The van der Waals surface area contributed by atoms with Crippen LogP contribution in [0.25, 0.3) is 0 Å². The van der Waals surface area contributed by atoms with Gasteiger partial charge in [0.1, 0.15) is 6.54 Å². The van der Waals surface area contributed by atoms with Crippen LogP contribution in [0.5, 0.6) is 0 Å². The molecule has 0 aliphatic rings. The van der Waals surface area contributed by atoms with E-state index in [4.69, 9.17) is 16.7 Å². The van der Waals surface area contributed by atoms with Gasteiger partial charge in [0.2, 0.25) is 5.78 Å². The van der Waals surface area contributed by atoms with Crippen molar-refractivity contribution in [1.29, 1.82) is 0 Å².